The Hall–Kier alpha value is -2.49. The summed E-state index contributed by atoms with van der Waals surface area (Å²) in [7, 11) is 0. The van der Waals surface area contributed by atoms with Gasteiger partial charge >= 0.3 is 5.97 Å². The summed E-state index contributed by atoms with van der Waals surface area (Å²) >= 11 is 0. The van der Waals surface area contributed by atoms with E-state index in [0.717, 1.165) is 31.4 Å². The van der Waals surface area contributed by atoms with Crippen LogP contribution in [-0.2, 0) is 4.79 Å². The minimum Gasteiger partial charge on any atom is -0.478 e. The normalized spacial score (nSPS) is 17.2. The highest BCUT2D eigenvalue weighted by atomic mass is 16.5. The quantitative estimate of drug-likeness (QED) is 0.703. The molecule has 4 heteroatoms. The molecule has 0 spiro atoms. The molecule has 1 unspecified atom stereocenters. The highest BCUT2D eigenvalue weighted by Crippen LogP contribution is 2.38. The molecule has 2 aromatic rings. The van der Waals surface area contributed by atoms with E-state index in [1.165, 1.54) is 6.42 Å². The molecular formula is C22H27NO3. The Morgan fingerprint density at radius 1 is 1.00 bits per heavy atom. The van der Waals surface area contributed by atoms with Crippen LogP contribution in [0.25, 0.3) is 0 Å². The van der Waals surface area contributed by atoms with Crippen LogP contribution >= 0.6 is 0 Å². The number of carboxylic acids is 1. The van der Waals surface area contributed by atoms with Gasteiger partial charge in [0.05, 0.1) is 0 Å². The van der Waals surface area contributed by atoms with Crippen molar-refractivity contribution in [2.24, 2.45) is 5.92 Å². The molecule has 138 valence electrons. The first-order valence-corrected chi connectivity index (χ1v) is 9.47. The second-order valence-corrected chi connectivity index (χ2v) is 6.99. The summed E-state index contributed by atoms with van der Waals surface area (Å²) in [6.07, 6.45) is 5.57. The van der Waals surface area contributed by atoms with Crippen molar-refractivity contribution in [2.75, 3.05) is 11.9 Å². The fraction of sp³-hybridized carbons (Fsp3) is 0.409. The molecule has 0 amide bonds. The van der Waals surface area contributed by atoms with Crippen LogP contribution in [0.15, 0.2) is 60.7 Å². The molecule has 1 saturated carbocycles. The molecule has 26 heavy (non-hydrogen) atoms. The van der Waals surface area contributed by atoms with Gasteiger partial charge in [-0.25, -0.2) is 4.79 Å². The van der Waals surface area contributed by atoms with E-state index in [2.05, 4.69) is 5.32 Å². The monoisotopic (exact) mass is 353 g/mol. The second-order valence-electron chi connectivity index (χ2n) is 6.99. The molecule has 1 fully saturated rings. The van der Waals surface area contributed by atoms with Crippen molar-refractivity contribution >= 4 is 11.7 Å². The average Bonchev–Trinajstić information content (AvgIpc) is 2.69. The lowest BCUT2D eigenvalue weighted by molar-refractivity contribution is -0.163. The zero-order valence-corrected chi connectivity index (χ0v) is 15.1. The molecule has 1 aliphatic rings. The highest BCUT2D eigenvalue weighted by molar-refractivity contribution is 5.78. The van der Waals surface area contributed by atoms with E-state index in [-0.39, 0.29) is 5.92 Å². The molecule has 2 N–H and O–H groups in total. The molecule has 0 saturated heterocycles. The van der Waals surface area contributed by atoms with Gasteiger partial charge in [-0.2, -0.15) is 0 Å². The molecule has 0 radical (unpaired) electrons. The van der Waals surface area contributed by atoms with Crippen LogP contribution < -0.4 is 10.1 Å². The van der Waals surface area contributed by atoms with E-state index in [1.807, 2.05) is 60.7 Å². The van der Waals surface area contributed by atoms with Gasteiger partial charge in [-0.15, -0.1) is 0 Å². The lowest BCUT2D eigenvalue weighted by atomic mass is 9.75. The number of carbonyl (C=O) groups is 1. The highest BCUT2D eigenvalue weighted by Gasteiger charge is 2.48. The van der Waals surface area contributed by atoms with Crippen molar-refractivity contribution < 1.29 is 14.6 Å². The first-order chi connectivity index (χ1) is 12.7. The van der Waals surface area contributed by atoms with Gasteiger partial charge < -0.3 is 15.2 Å². The second kappa shape index (κ2) is 8.75. The van der Waals surface area contributed by atoms with E-state index in [1.54, 1.807) is 0 Å². The number of aliphatic carboxylic acids is 1. The van der Waals surface area contributed by atoms with E-state index in [0.29, 0.717) is 18.7 Å². The van der Waals surface area contributed by atoms with Gasteiger partial charge in [-0.1, -0.05) is 55.7 Å². The lowest BCUT2D eigenvalue weighted by Gasteiger charge is -2.39. The zero-order valence-electron chi connectivity index (χ0n) is 15.1. The Bertz CT molecular complexity index is 683. The maximum atomic E-state index is 12.4. The Morgan fingerprint density at radius 2 is 1.62 bits per heavy atom. The minimum absolute atomic E-state index is 0.0338. The predicted octanol–water partition coefficient (Wildman–Crippen LogP) is 4.97. The lowest BCUT2D eigenvalue weighted by Crippen LogP contribution is -2.52. The molecule has 0 aliphatic heterocycles. The third-order valence-corrected chi connectivity index (χ3v) is 5.27. The fourth-order valence-corrected chi connectivity index (χ4v) is 3.88. The van der Waals surface area contributed by atoms with Crippen LogP contribution in [0.3, 0.4) is 0 Å². The van der Waals surface area contributed by atoms with Crippen LogP contribution in [0, 0.1) is 5.92 Å². The maximum absolute atomic E-state index is 12.4. The third-order valence-electron chi connectivity index (χ3n) is 5.27. The Balaban J connectivity index is 1.79. The van der Waals surface area contributed by atoms with E-state index in [4.69, 9.17) is 4.74 Å². The topological polar surface area (TPSA) is 58.6 Å². The summed E-state index contributed by atoms with van der Waals surface area (Å²) in [6, 6.07) is 19.2. The first-order valence-electron chi connectivity index (χ1n) is 9.47. The van der Waals surface area contributed by atoms with Gasteiger partial charge in [0, 0.05) is 24.6 Å². The van der Waals surface area contributed by atoms with Crippen molar-refractivity contribution in [2.45, 2.75) is 44.1 Å². The molecule has 1 atom stereocenters. The molecule has 1 aliphatic carbocycles. The third kappa shape index (κ3) is 4.37. The summed E-state index contributed by atoms with van der Waals surface area (Å²) in [5, 5.41) is 13.5. The van der Waals surface area contributed by atoms with Crippen molar-refractivity contribution in [3.8, 4) is 5.75 Å². The van der Waals surface area contributed by atoms with Gasteiger partial charge in [0.2, 0.25) is 5.60 Å². The summed E-state index contributed by atoms with van der Waals surface area (Å²) in [4.78, 5) is 12.4. The molecular weight excluding hydrogens is 326 g/mol. The summed E-state index contributed by atoms with van der Waals surface area (Å²) < 4.78 is 6.20. The molecule has 0 bridgehead atoms. The smallest absolute Gasteiger partial charge is 0.348 e. The molecule has 3 rings (SSSR count). The Morgan fingerprint density at radius 3 is 2.23 bits per heavy atom. The van der Waals surface area contributed by atoms with Crippen molar-refractivity contribution in [1.82, 2.24) is 0 Å². The van der Waals surface area contributed by atoms with Gasteiger partial charge in [0.25, 0.3) is 0 Å². The molecule has 2 aromatic carbocycles. The largest absolute Gasteiger partial charge is 0.478 e. The van der Waals surface area contributed by atoms with Crippen LogP contribution in [0.1, 0.15) is 38.5 Å². The number of ether oxygens (including phenoxy) is 1. The number of anilines is 1. The van der Waals surface area contributed by atoms with Crippen LogP contribution in [0.4, 0.5) is 5.69 Å². The zero-order chi connectivity index (χ0) is 18.2. The van der Waals surface area contributed by atoms with E-state index < -0.39 is 11.6 Å². The number of para-hydroxylation sites is 2. The maximum Gasteiger partial charge on any atom is 0.348 e. The minimum atomic E-state index is -1.19. The number of hydrogen-bond donors (Lipinski definition) is 2. The number of hydrogen-bond acceptors (Lipinski definition) is 3. The van der Waals surface area contributed by atoms with E-state index >= 15 is 0 Å². The van der Waals surface area contributed by atoms with Gasteiger partial charge in [0.1, 0.15) is 5.75 Å². The van der Waals surface area contributed by atoms with Crippen molar-refractivity contribution in [3.63, 3.8) is 0 Å². The number of benzene rings is 2. The number of carboxylic acid groups (broad SMARTS) is 1. The summed E-state index contributed by atoms with van der Waals surface area (Å²) in [5.74, 6) is -0.199. The number of rotatable bonds is 8. The van der Waals surface area contributed by atoms with Crippen LogP contribution in [0.5, 0.6) is 5.75 Å². The van der Waals surface area contributed by atoms with Crippen molar-refractivity contribution in [3.05, 3.63) is 60.7 Å². The summed E-state index contributed by atoms with van der Waals surface area (Å²) in [5.41, 5.74) is -0.195. The van der Waals surface area contributed by atoms with E-state index in [9.17, 15) is 9.90 Å². The predicted molar refractivity (Wildman–Crippen MR) is 104 cm³/mol. The summed E-state index contributed by atoms with van der Waals surface area (Å²) in [6.45, 7) is 0.555. The Labute approximate surface area is 155 Å². The average molecular weight is 353 g/mol. The molecule has 0 aromatic heterocycles. The SMILES string of the molecule is O=C(O)C(CCNc1ccccc1)(Oc1ccccc1)C1CCCCC1. The van der Waals surface area contributed by atoms with Gasteiger partial charge in [0.15, 0.2) is 0 Å². The first kappa shape index (κ1) is 18.3. The molecule has 0 heterocycles. The molecule has 4 nitrogen and oxygen atoms in total. The fourth-order valence-electron chi connectivity index (χ4n) is 3.88. The van der Waals surface area contributed by atoms with Crippen LogP contribution in [-0.4, -0.2) is 23.2 Å². The van der Waals surface area contributed by atoms with Crippen molar-refractivity contribution in [1.29, 1.82) is 0 Å². The van der Waals surface area contributed by atoms with Gasteiger partial charge in [-0.3, -0.25) is 0 Å². The Kier molecular flexibility index (Phi) is 6.16. The standard InChI is InChI=1S/C22H27NO3/c24-21(25)22(18-10-4-1-5-11-18,26-20-14-8-3-9-15-20)16-17-23-19-12-6-2-7-13-19/h2-3,6-9,12-15,18,23H,1,4-5,10-11,16-17H2,(H,24,25). The van der Waals surface area contributed by atoms with Crippen LogP contribution in [0.2, 0.25) is 0 Å². The van der Waals surface area contributed by atoms with Gasteiger partial charge in [-0.05, 0) is 37.1 Å². The number of nitrogens with one attached hydrogen (secondary N) is 1.